The molecule has 1 saturated heterocycles. The summed E-state index contributed by atoms with van der Waals surface area (Å²) in [5.41, 5.74) is 9.10. The number of benzene rings is 7. The van der Waals surface area contributed by atoms with E-state index in [4.69, 9.17) is 8.83 Å². The fourth-order valence-electron chi connectivity index (χ4n) is 8.03. The molecule has 7 aromatic carbocycles. The van der Waals surface area contributed by atoms with E-state index in [1.165, 1.54) is 31.3 Å². The van der Waals surface area contributed by atoms with Crippen molar-refractivity contribution in [1.82, 2.24) is 16.0 Å². The number of hydrogen-bond donors (Lipinski definition) is 3. The third-order valence-corrected chi connectivity index (χ3v) is 11.7. The molecule has 3 aromatic heterocycles. The second-order valence-electron chi connectivity index (χ2n) is 13.3. The fraction of sp³-hybridized carbons (Fsp3) is 0.0667. The van der Waals surface area contributed by atoms with Crippen LogP contribution in [0.1, 0.15) is 35.2 Å². The van der Waals surface area contributed by atoms with E-state index in [-0.39, 0.29) is 18.5 Å². The average molecular weight is 678 g/mol. The molecule has 244 valence electrons. The predicted molar refractivity (Wildman–Crippen MR) is 210 cm³/mol. The number of fused-ring (bicyclic) bond motifs is 9. The SMILES string of the molecule is c1ccc(C2NC(c3cccc4c3oc3c(-c5ccc6c(c5)oc5ccccc56)cccc34)NC(c3cccc4c3sc3ccccc34)N2)cc1. The smallest absolute Gasteiger partial charge is 0.143 e. The van der Waals surface area contributed by atoms with Crippen molar-refractivity contribution in [2.24, 2.45) is 0 Å². The number of furan rings is 2. The van der Waals surface area contributed by atoms with Gasteiger partial charge in [0.05, 0.1) is 18.5 Å². The fourth-order valence-corrected chi connectivity index (χ4v) is 9.27. The van der Waals surface area contributed by atoms with Crippen molar-refractivity contribution in [3.63, 3.8) is 0 Å². The van der Waals surface area contributed by atoms with Crippen LogP contribution in [-0.2, 0) is 0 Å². The highest BCUT2D eigenvalue weighted by atomic mass is 32.1. The molecule has 10 aromatic rings. The molecule has 1 aliphatic rings. The zero-order valence-corrected chi connectivity index (χ0v) is 28.2. The van der Waals surface area contributed by atoms with Gasteiger partial charge in [-0.05, 0) is 35.4 Å². The van der Waals surface area contributed by atoms with Crippen LogP contribution >= 0.6 is 11.3 Å². The lowest BCUT2D eigenvalue weighted by atomic mass is 9.99. The maximum atomic E-state index is 6.96. The van der Waals surface area contributed by atoms with Gasteiger partial charge in [-0.1, -0.05) is 127 Å². The first kappa shape index (κ1) is 29.0. The molecular weight excluding hydrogens is 647 g/mol. The van der Waals surface area contributed by atoms with Crippen LogP contribution in [0.5, 0.6) is 0 Å². The van der Waals surface area contributed by atoms with Gasteiger partial charge in [-0.3, -0.25) is 16.0 Å². The minimum atomic E-state index is -0.203. The summed E-state index contributed by atoms with van der Waals surface area (Å²) < 4.78 is 15.8. The number of para-hydroxylation sites is 3. The highest BCUT2D eigenvalue weighted by molar-refractivity contribution is 7.26. The zero-order valence-electron chi connectivity index (χ0n) is 27.4. The van der Waals surface area contributed by atoms with Crippen LogP contribution in [0.2, 0.25) is 0 Å². The van der Waals surface area contributed by atoms with Gasteiger partial charge in [0, 0.05) is 58.4 Å². The first-order valence-corrected chi connectivity index (χ1v) is 18.2. The van der Waals surface area contributed by atoms with E-state index >= 15 is 0 Å². The number of thiophene rings is 1. The Kier molecular flexibility index (Phi) is 6.48. The van der Waals surface area contributed by atoms with Crippen LogP contribution in [0.15, 0.2) is 160 Å². The lowest BCUT2D eigenvalue weighted by Crippen LogP contribution is -2.54. The van der Waals surface area contributed by atoms with Gasteiger partial charge in [0.25, 0.3) is 0 Å². The molecule has 51 heavy (non-hydrogen) atoms. The Hall–Kier alpha value is -5.76. The third-order valence-electron chi connectivity index (χ3n) is 10.4. The zero-order chi connectivity index (χ0) is 33.5. The molecule has 0 spiro atoms. The second-order valence-corrected chi connectivity index (χ2v) is 14.4. The molecule has 1 aliphatic heterocycles. The number of hydrogen-bond acceptors (Lipinski definition) is 6. The van der Waals surface area contributed by atoms with E-state index in [0.29, 0.717) is 0 Å². The number of nitrogens with one attached hydrogen (secondary N) is 3. The molecule has 1 fully saturated rings. The first-order valence-electron chi connectivity index (χ1n) is 17.4. The first-order chi connectivity index (χ1) is 25.3. The molecular formula is C45H31N3O2S. The van der Waals surface area contributed by atoms with E-state index in [2.05, 4.69) is 155 Å². The summed E-state index contributed by atoms with van der Waals surface area (Å²) in [6.45, 7) is 0. The van der Waals surface area contributed by atoms with E-state index in [0.717, 1.165) is 60.6 Å². The third kappa shape index (κ3) is 4.58. The van der Waals surface area contributed by atoms with Crippen LogP contribution in [-0.4, -0.2) is 0 Å². The summed E-state index contributed by atoms with van der Waals surface area (Å²) in [6, 6.07) is 53.6. The van der Waals surface area contributed by atoms with Gasteiger partial charge >= 0.3 is 0 Å². The molecule has 0 bridgehead atoms. The molecule has 4 heterocycles. The number of rotatable bonds is 4. The van der Waals surface area contributed by atoms with Gasteiger partial charge in [0.15, 0.2) is 0 Å². The summed E-state index contributed by atoms with van der Waals surface area (Å²) in [5, 5.41) is 18.7. The molecule has 0 amide bonds. The molecule has 0 saturated carbocycles. The van der Waals surface area contributed by atoms with Crippen LogP contribution in [0.25, 0.3) is 75.2 Å². The van der Waals surface area contributed by atoms with Crippen LogP contribution in [0, 0.1) is 0 Å². The van der Waals surface area contributed by atoms with Gasteiger partial charge in [-0.15, -0.1) is 11.3 Å². The van der Waals surface area contributed by atoms with E-state index < -0.39 is 0 Å². The van der Waals surface area contributed by atoms with Crippen molar-refractivity contribution < 1.29 is 8.83 Å². The van der Waals surface area contributed by atoms with Gasteiger partial charge in [-0.2, -0.15) is 0 Å². The van der Waals surface area contributed by atoms with Crippen LogP contribution < -0.4 is 16.0 Å². The van der Waals surface area contributed by atoms with Crippen molar-refractivity contribution in [1.29, 1.82) is 0 Å². The minimum absolute atomic E-state index is 0.0992. The second kappa shape index (κ2) is 11.4. The summed E-state index contributed by atoms with van der Waals surface area (Å²) in [6.07, 6.45) is -0.424. The van der Waals surface area contributed by atoms with E-state index in [9.17, 15) is 0 Å². The van der Waals surface area contributed by atoms with Crippen molar-refractivity contribution in [3.05, 3.63) is 168 Å². The standard InChI is InChI=1S/C45H31N3O2S/c1-2-11-26(12-3-1)43-46-44(48-45(47-43)36-20-10-18-34-31-14-5-7-22-39(31)51-42(34)36)35-19-9-17-33-32-16-8-15-28(40(32)50-41(33)35)27-23-24-30-29-13-4-6-21-37(29)49-38(30)25-27/h1-25,43-48H. The normalized spacial score (nSPS) is 18.2. The Bertz CT molecular complexity index is 2940. The Morgan fingerprint density at radius 1 is 0.431 bits per heavy atom. The van der Waals surface area contributed by atoms with Crippen LogP contribution in [0.3, 0.4) is 0 Å². The lowest BCUT2D eigenvalue weighted by Gasteiger charge is -2.39. The van der Waals surface area contributed by atoms with Crippen LogP contribution in [0.4, 0.5) is 0 Å². The Labute approximate surface area is 297 Å². The highest BCUT2D eigenvalue weighted by Crippen LogP contribution is 2.42. The highest BCUT2D eigenvalue weighted by Gasteiger charge is 2.32. The summed E-state index contributed by atoms with van der Waals surface area (Å²) in [5.74, 6) is 0. The summed E-state index contributed by atoms with van der Waals surface area (Å²) in [4.78, 5) is 0. The van der Waals surface area contributed by atoms with Gasteiger partial charge < -0.3 is 8.83 Å². The maximum Gasteiger partial charge on any atom is 0.143 e. The lowest BCUT2D eigenvalue weighted by molar-refractivity contribution is 0.204. The summed E-state index contributed by atoms with van der Waals surface area (Å²) >= 11 is 1.86. The van der Waals surface area contributed by atoms with Crippen molar-refractivity contribution in [2.45, 2.75) is 18.5 Å². The monoisotopic (exact) mass is 677 g/mol. The van der Waals surface area contributed by atoms with Gasteiger partial charge in [-0.25, -0.2) is 0 Å². The average Bonchev–Trinajstić information content (AvgIpc) is 3.89. The molecule has 0 radical (unpaired) electrons. The van der Waals surface area contributed by atoms with Crippen molar-refractivity contribution >= 4 is 75.4 Å². The van der Waals surface area contributed by atoms with Crippen molar-refractivity contribution in [3.8, 4) is 11.1 Å². The summed E-state index contributed by atoms with van der Waals surface area (Å²) in [7, 11) is 0. The molecule has 3 N–H and O–H groups in total. The van der Waals surface area contributed by atoms with E-state index in [1.807, 2.05) is 23.5 Å². The van der Waals surface area contributed by atoms with Gasteiger partial charge in [0.2, 0.25) is 0 Å². The van der Waals surface area contributed by atoms with Gasteiger partial charge in [0.1, 0.15) is 22.3 Å². The molecule has 5 nitrogen and oxygen atoms in total. The Morgan fingerprint density at radius 3 is 1.96 bits per heavy atom. The maximum absolute atomic E-state index is 6.96. The van der Waals surface area contributed by atoms with E-state index in [1.54, 1.807) is 0 Å². The predicted octanol–water partition coefficient (Wildman–Crippen LogP) is 11.7. The quantitative estimate of drug-likeness (QED) is 0.173. The Morgan fingerprint density at radius 2 is 1.08 bits per heavy atom. The topological polar surface area (TPSA) is 62.4 Å². The van der Waals surface area contributed by atoms with Crippen molar-refractivity contribution in [2.75, 3.05) is 0 Å². The largest absolute Gasteiger partial charge is 0.456 e. The minimum Gasteiger partial charge on any atom is -0.456 e. The Balaban J connectivity index is 1.05. The molecule has 3 atom stereocenters. The molecule has 0 aliphatic carbocycles. The molecule has 11 rings (SSSR count). The molecule has 6 heteroatoms. The molecule has 3 unspecified atom stereocenters.